The fourth-order valence-corrected chi connectivity index (χ4v) is 3.80. The Morgan fingerprint density at radius 1 is 1.13 bits per heavy atom. The van der Waals surface area contributed by atoms with Crippen molar-refractivity contribution >= 4 is 29.1 Å². The van der Waals surface area contributed by atoms with Crippen molar-refractivity contribution in [3.05, 3.63) is 87.6 Å². The molecule has 2 N–H and O–H groups in total. The van der Waals surface area contributed by atoms with E-state index < -0.39 is 0 Å². The van der Waals surface area contributed by atoms with E-state index in [-0.39, 0.29) is 17.6 Å². The van der Waals surface area contributed by atoms with Crippen LogP contribution >= 0.6 is 11.6 Å². The molecule has 31 heavy (non-hydrogen) atoms. The van der Waals surface area contributed by atoms with E-state index in [0.717, 1.165) is 17.7 Å². The van der Waals surface area contributed by atoms with Crippen LogP contribution in [-0.2, 0) is 13.0 Å². The number of hydrazone groups is 1. The highest BCUT2D eigenvalue weighted by atomic mass is 35.5. The lowest BCUT2D eigenvalue weighted by Gasteiger charge is -2.13. The molecular weight excluding hydrogens is 416 g/mol. The van der Waals surface area contributed by atoms with Gasteiger partial charge in [0.2, 0.25) is 0 Å². The number of furan rings is 1. The maximum absolute atomic E-state index is 12.7. The molecular formula is C23H21ClN4O3. The van der Waals surface area contributed by atoms with Gasteiger partial charge in [-0.25, -0.2) is 5.43 Å². The van der Waals surface area contributed by atoms with Crippen LogP contribution in [0.5, 0.6) is 0 Å². The van der Waals surface area contributed by atoms with Crippen LogP contribution < -0.4 is 10.7 Å². The van der Waals surface area contributed by atoms with Gasteiger partial charge >= 0.3 is 0 Å². The first-order valence-corrected chi connectivity index (χ1v) is 10.3. The molecule has 0 atom stereocenters. The third-order valence-corrected chi connectivity index (χ3v) is 5.43. The Labute approximate surface area is 184 Å². The second-order valence-electron chi connectivity index (χ2n) is 7.19. The number of carbonyl (C=O) groups excluding carboxylic acids is 2. The summed E-state index contributed by atoms with van der Waals surface area (Å²) in [7, 11) is 0. The first-order valence-electron chi connectivity index (χ1n) is 9.96. The number of hydrogen-bond acceptors (Lipinski definition) is 5. The highest BCUT2D eigenvalue weighted by Gasteiger charge is 2.28. The zero-order valence-electron chi connectivity index (χ0n) is 16.9. The maximum atomic E-state index is 12.7. The summed E-state index contributed by atoms with van der Waals surface area (Å²) in [5, 5.41) is 7.52. The molecule has 4 rings (SSSR count). The average molecular weight is 437 g/mol. The number of hydrogen-bond donors (Lipinski definition) is 2. The molecule has 0 spiro atoms. The molecule has 1 aromatic carbocycles. The molecule has 8 heteroatoms. The highest BCUT2D eigenvalue weighted by molar-refractivity contribution is 6.33. The van der Waals surface area contributed by atoms with E-state index in [4.69, 9.17) is 16.0 Å². The Kier molecular flexibility index (Phi) is 6.13. The molecule has 0 unspecified atom stereocenters. The Bertz CT molecular complexity index is 1150. The molecule has 3 aromatic rings. The van der Waals surface area contributed by atoms with Gasteiger partial charge in [0.1, 0.15) is 5.76 Å². The minimum absolute atomic E-state index is 0.257. The molecule has 2 heterocycles. The minimum Gasteiger partial charge on any atom is -0.455 e. The summed E-state index contributed by atoms with van der Waals surface area (Å²) in [5.41, 5.74) is 5.87. The third kappa shape index (κ3) is 4.51. The van der Waals surface area contributed by atoms with Crippen molar-refractivity contribution in [1.29, 1.82) is 0 Å². The van der Waals surface area contributed by atoms with Crippen LogP contribution in [0.4, 0.5) is 0 Å². The Morgan fingerprint density at radius 2 is 1.94 bits per heavy atom. The summed E-state index contributed by atoms with van der Waals surface area (Å²) in [6.45, 7) is 2.13. The molecule has 0 aliphatic heterocycles. The van der Waals surface area contributed by atoms with E-state index in [2.05, 4.69) is 20.8 Å². The molecule has 7 nitrogen and oxygen atoms in total. The topological polar surface area (TPSA) is 96.6 Å². The number of aromatic nitrogens is 1. The van der Waals surface area contributed by atoms with Crippen molar-refractivity contribution in [2.45, 2.75) is 32.7 Å². The summed E-state index contributed by atoms with van der Waals surface area (Å²) in [6.07, 6.45) is 3.88. The third-order valence-electron chi connectivity index (χ3n) is 5.10. The second-order valence-corrected chi connectivity index (χ2v) is 7.60. The quantitative estimate of drug-likeness (QED) is 0.590. The fraction of sp³-hybridized carbons (Fsp3) is 0.217. The van der Waals surface area contributed by atoms with Gasteiger partial charge in [0.05, 0.1) is 28.5 Å². The van der Waals surface area contributed by atoms with Gasteiger partial charge in [0, 0.05) is 23.7 Å². The summed E-state index contributed by atoms with van der Waals surface area (Å²) in [6, 6.07) is 12.3. The summed E-state index contributed by atoms with van der Waals surface area (Å²) < 4.78 is 5.88. The van der Waals surface area contributed by atoms with Gasteiger partial charge in [0.25, 0.3) is 11.8 Å². The molecule has 158 valence electrons. The summed E-state index contributed by atoms with van der Waals surface area (Å²) >= 11 is 6.09. The maximum Gasteiger partial charge on any atom is 0.287 e. The van der Waals surface area contributed by atoms with E-state index in [1.54, 1.807) is 30.5 Å². The minimum atomic E-state index is -0.389. The Morgan fingerprint density at radius 3 is 2.71 bits per heavy atom. The van der Waals surface area contributed by atoms with Crippen LogP contribution in [0.2, 0.25) is 5.02 Å². The van der Waals surface area contributed by atoms with E-state index in [0.29, 0.717) is 47.0 Å². The largest absolute Gasteiger partial charge is 0.455 e. The highest BCUT2D eigenvalue weighted by Crippen LogP contribution is 2.30. The van der Waals surface area contributed by atoms with Crippen LogP contribution in [0.3, 0.4) is 0 Å². The van der Waals surface area contributed by atoms with Gasteiger partial charge in [-0.05, 0) is 44.0 Å². The number of benzene rings is 1. The normalized spacial score (nSPS) is 14.2. The number of nitrogens with zero attached hydrogens (tertiary/aromatic N) is 2. The molecule has 2 aromatic heterocycles. The van der Waals surface area contributed by atoms with Gasteiger partial charge in [-0.3, -0.25) is 14.6 Å². The van der Waals surface area contributed by atoms with Crippen LogP contribution in [0.1, 0.15) is 56.3 Å². The average Bonchev–Trinajstić information content (AvgIpc) is 3.14. The van der Waals surface area contributed by atoms with E-state index in [1.165, 1.54) is 0 Å². The Hall–Kier alpha value is -3.45. The van der Waals surface area contributed by atoms with Crippen LogP contribution in [0, 0.1) is 6.92 Å². The molecule has 0 bridgehead atoms. The van der Waals surface area contributed by atoms with Crippen LogP contribution in [-0.4, -0.2) is 22.5 Å². The lowest BCUT2D eigenvalue weighted by molar-refractivity contribution is 0.0918. The number of nitrogens with one attached hydrogen (secondary N) is 2. The molecule has 1 aliphatic carbocycles. The number of aryl methyl sites for hydroxylation is 1. The van der Waals surface area contributed by atoms with Crippen molar-refractivity contribution in [3.63, 3.8) is 0 Å². The first kappa shape index (κ1) is 20.8. The zero-order chi connectivity index (χ0) is 21.8. The van der Waals surface area contributed by atoms with E-state index >= 15 is 0 Å². The van der Waals surface area contributed by atoms with E-state index in [9.17, 15) is 9.59 Å². The predicted molar refractivity (Wildman–Crippen MR) is 117 cm³/mol. The predicted octanol–water partition coefficient (Wildman–Crippen LogP) is 4.04. The first-order chi connectivity index (χ1) is 15.0. The van der Waals surface area contributed by atoms with Crippen LogP contribution in [0.25, 0.3) is 0 Å². The standard InChI is InChI=1S/C23H21ClN4O3/c1-14-20-18(27-28-22(29)16-8-2-3-9-17(16)24)10-6-11-19(20)31-21(14)23(30)26-13-15-7-4-5-12-25-15/h2-5,7-9,12H,6,10-11,13H2,1H3,(H,26,30)(H,28,29)/b27-18+. The smallest absolute Gasteiger partial charge is 0.287 e. The number of carbonyl (C=O) groups is 2. The monoisotopic (exact) mass is 436 g/mol. The molecule has 2 amide bonds. The number of halogens is 1. The van der Waals surface area contributed by atoms with Gasteiger partial charge in [-0.15, -0.1) is 0 Å². The molecule has 0 saturated heterocycles. The Balaban J connectivity index is 1.52. The van der Waals surface area contributed by atoms with Gasteiger partial charge in [0.15, 0.2) is 5.76 Å². The number of amides is 2. The molecule has 0 radical (unpaired) electrons. The zero-order valence-corrected chi connectivity index (χ0v) is 17.7. The van der Waals surface area contributed by atoms with Gasteiger partial charge < -0.3 is 9.73 Å². The SMILES string of the molecule is Cc1c(C(=O)NCc2ccccn2)oc2c1/C(=N/NC(=O)c1ccccc1Cl)CCC2. The second kappa shape index (κ2) is 9.14. The lowest BCUT2D eigenvalue weighted by atomic mass is 9.93. The van der Waals surface area contributed by atoms with Gasteiger partial charge in [-0.1, -0.05) is 29.8 Å². The molecule has 0 saturated carbocycles. The van der Waals surface area contributed by atoms with Crippen molar-refractivity contribution < 1.29 is 14.0 Å². The van der Waals surface area contributed by atoms with Crippen molar-refractivity contribution in [1.82, 2.24) is 15.7 Å². The van der Waals surface area contributed by atoms with Crippen molar-refractivity contribution in [2.24, 2.45) is 5.10 Å². The number of rotatable bonds is 5. The summed E-state index contributed by atoms with van der Waals surface area (Å²) in [5.74, 6) is 0.266. The van der Waals surface area contributed by atoms with Crippen LogP contribution in [0.15, 0.2) is 58.2 Å². The fourth-order valence-electron chi connectivity index (χ4n) is 3.57. The van der Waals surface area contributed by atoms with Gasteiger partial charge in [-0.2, -0.15) is 5.10 Å². The lowest BCUT2D eigenvalue weighted by Crippen LogP contribution is -2.24. The van der Waals surface area contributed by atoms with E-state index in [1.807, 2.05) is 25.1 Å². The summed E-state index contributed by atoms with van der Waals surface area (Å²) in [4.78, 5) is 29.3. The van der Waals surface area contributed by atoms with Crippen molar-refractivity contribution in [2.75, 3.05) is 0 Å². The number of fused-ring (bicyclic) bond motifs is 1. The van der Waals surface area contributed by atoms with Crippen molar-refractivity contribution in [3.8, 4) is 0 Å². The number of pyridine rings is 1. The molecule has 0 fully saturated rings. The molecule has 1 aliphatic rings.